The Hall–Kier alpha value is -2.15. The molecule has 120 valence electrons. The predicted molar refractivity (Wildman–Crippen MR) is 82.6 cm³/mol. The Bertz CT molecular complexity index is 633. The quantitative estimate of drug-likeness (QED) is 0.913. The zero-order valence-corrected chi connectivity index (χ0v) is 13.4. The smallest absolute Gasteiger partial charge is 0.408 e. The van der Waals surface area contributed by atoms with Gasteiger partial charge in [-0.25, -0.2) is 14.8 Å². The van der Waals surface area contributed by atoms with Gasteiger partial charge in [0.05, 0.1) is 19.0 Å². The monoisotopic (exact) mass is 306 g/mol. The van der Waals surface area contributed by atoms with E-state index in [1.807, 2.05) is 37.5 Å². The molecule has 7 heteroatoms. The molecular weight excluding hydrogens is 284 g/mol. The van der Waals surface area contributed by atoms with E-state index in [9.17, 15) is 4.79 Å². The van der Waals surface area contributed by atoms with Crippen LogP contribution in [0.4, 0.5) is 4.79 Å². The van der Waals surface area contributed by atoms with Gasteiger partial charge >= 0.3 is 6.09 Å². The summed E-state index contributed by atoms with van der Waals surface area (Å²) in [4.78, 5) is 20.5. The molecule has 1 amide bonds. The van der Waals surface area contributed by atoms with Crippen molar-refractivity contribution in [1.29, 1.82) is 0 Å². The largest absolute Gasteiger partial charge is 0.444 e. The second kappa shape index (κ2) is 6.74. The fourth-order valence-corrected chi connectivity index (χ4v) is 2.08. The molecule has 0 aliphatic rings. The number of hydrogen-bond acceptors (Lipinski definition) is 5. The van der Waals surface area contributed by atoms with Crippen molar-refractivity contribution >= 4 is 17.3 Å². The maximum Gasteiger partial charge on any atom is 0.408 e. The second-order valence-corrected chi connectivity index (χ2v) is 6.04. The zero-order chi connectivity index (χ0) is 16.2. The first kappa shape index (κ1) is 16.2. The van der Waals surface area contributed by atoms with Crippen LogP contribution in [-0.4, -0.2) is 46.0 Å². The highest BCUT2D eigenvalue weighted by atomic mass is 16.6. The van der Waals surface area contributed by atoms with E-state index in [0.717, 1.165) is 11.2 Å². The van der Waals surface area contributed by atoms with E-state index in [1.165, 1.54) is 0 Å². The van der Waals surface area contributed by atoms with Crippen LogP contribution in [0, 0.1) is 0 Å². The van der Waals surface area contributed by atoms with Gasteiger partial charge < -0.3 is 19.4 Å². The van der Waals surface area contributed by atoms with E-state index >= 15 is 0 Å². The first-order valence-electron chi connectivity index (χ1n) is 7.13. The number of aromatic nitrogens is 3. The minimum atomic E-state index is -0.537. The summed E-state index contributed by atoms with van der Waals surface area (Å²) < 4.78 is 12.3. The van der Waals surface area contributed by atoms with Crippen molar-refractivity contribution in [3.8, 4) is 0 Å². The van der Waals surface area contributed by atoms with Gasteiger partial charge in [-0.15, -0.1) is 0 Å². The molecule has 2 rings (SSSR count). The van der Waals surface area contributed by atoms with Crippen molar-refractivity contribution in [2.45, 2.75) is 39.0 Å². The van der Waals surface area contributed by atoms with Gasteiger partial charge in [0.25, 0.3) is 0 Å². The fraction of sp³-hybridized carbons (Fsp3) is 0.533. The lowest BCUT2D eigenvalue weighted by Gasteiger charge is -2.23. The molecule has 1 N–H and O–H groups in total. The Balaban J connectivity index is 2.07. The Morgan fingerprint density at radius 2 is 2.18 bits per heavy atom. The van der Waals surface area contributed by atoms with Crippen molar-refractivity contribution in [1.82, 2.24) is 19.9 Å². The van der Waals surface area contributed by atoms with Crippen LogP contribution >= 0.6 is 0 Å². The average Bonchev–Trinajstić information content (AvgIpc) is 2.80. The van der Waals surface area contributed by atoms with Crippen LogP contribution in [-0.2, 0) is 16.0 Å². The van der Waals surface area contributed by atoms with E-state index in [2.05, 4.69) is 15.3 Å². The molecule has 0 saturated carbocycles. The van der Waals surface area contributed by atoms with Gasteiger partial charge in [-0.2, -0.15) is 0 Å². The molecule has 0 fully saturated rings. The average molecular weight is 306 g/mol. The van der Waals surface area contributed by atoms with Crippen molar-refractivity contribution in [2.24, 2.45) is 0 Å². The molecule has 0 radical (unpaired) electrons. The number of nitrogens with one attached hydrogen (secondary N) is 1. The molecule has 2 aromatic heterocycles. The van der Waals surface area contributed by atoms with Crippen LogP contribution in [0.2, 0.25) is 0 Å². The molecule has 22 heavy (non-hydrogen) atoms. The van der Waals surface area contributed by atoms with E-state index in [4.69, 9.17) is 9.47 Å². The molecule has 0 spiro atoms. The molecule has 7 nitrogen and oxygen atoms in total. The SMILES string of the molecule is COCC(Cn1cnc2cccnc21)NC(=O)OC(C)(C)C. The van der Waals surface area contributed by atoms with Gasteiger partial charge in [-0.05, 0) is 32.9 Å². The number of ether oxygens (including phenoxy) is 2. The zero-order valence-electron chi connectivity index (χ0n) is 13.4. The summed E-state index contributed by atoms with van der Waals surface area (Å²) >= 11 is 0. The number of carbonyl (C=O) groups is 1. The number of nitrogens with zero attached hydrogens (tertiary/aromatic N) is 3. The maximum atomic E-state index is 11.9. The number of carbonyl (C=O) groups excluding carboxylic acids is 1. The van der Waals surface area contributed by atoms with Crippen molar-refractivity contribution in [2.75, 3.05) is 13.7 Å². The van der Waals surface area contributed by atoms with Crippen molar-refractivity contribution < 1.29 is 14.3 Å². The van der Waals surface area contributed by atoms with E-state index in [-0.39, 0.29) is 6.04 Å². The number of amides is 1. The lowest BCUT2D eigenvalue weighted by atomic mass is 10.2. The second-order valence-electron chi connectivity index (χ2n) is 6.04. The molecular formula is C15H22N4O3. The normalized spacial score (nSPS) is 13.1. The topological polar surface area (TPSA) is 78.3 Å². The summed E-state index contributed by atoms with van der Waals surface area (Å²) in [5, 5.41) is 2.81. The minimum absolute atomic E-state index is 0.237. The molecule has 0 aromatic carbocycles. The number of pyridine rings is 1. The summed E-state index contributed by atoms with van der Waals surface area (Å²) in [6.07, 6.45) is 2.96. The summed E-state index contributed by atoms with van der Waals surface area (Å²) in [5.74, 6) is 0. The first-order chi connectivity index (χ1) is 10.4. The number of rotatable bonds is 5. The maximum absolute atomic E-state index is 11.9. The first-order valence-corrected chi connectivity index (χ1v) is 7.13. The summed E-state index contributed by atoms with van der Waals surface area (Å²) in [5.41, 5.74) is 1.05. The lowest BCUT2D eigenvalue weighted by molar-refractivity contribution is 0.0460. The Kier molecular flexibility index (Phi) is 4.97. The summed E-state index contributed by atoms with van der Waals surface area (Å²) in [6.45, 7) is 6.34. The minimum Gasteiger partial charge on any atom is -0.444 e. The molecule has 2 aromatic rings. The van der Waals surface area contributed by atoms with E-state index < -0.39 is 11.7 Å². The van der Waals surface area contributed by atoms with Gasteiger partial charge in [0, 0.05) is 19.9 Å². The van der Waals surface area contributed by atoms with E-state index in [0.29, 0.717) is 13.2 Å². The molecule has 0 aliphatic carbocycles. The van der Waals surface area contributed by atoms with Crippen LogP contribution in [0.15, 0.2) is 24.7 Å². The molecule has 1 atom stereocenters. The number of fused-ring (bicyclic) bond motifs is 1. The third-order valence-corrected chi connectivity index (χ3v) is 2.88. The lowest BCUT2D eigenvalue weighted by Crippen LogP contribution is -2.43. The molecule has 1 unspecified atom stereocenters. The predicted octanol–water partition coefficient (Wildman–Crippen LogP) is 1.97. The van der Waals surface area contributed by atoms with Gasteiger partial charge in [-0.3, -0.25) is 0 Å². The molecule has 0 bridgehead atoms. The Labute approximate surface area is 129 Å². The van der Waals surface area contributed by atoms with Crippen LogP contribution in [0.3, 0.4) is 0 Å². The highest BCUT2D eigenvalue weighted by Gasteiger charge is 2.20. The van der Waals surface area contributed by atoms with Crippen LogP contribution in [0.25, 0.3) is 11.2 Å². The third kappa shape index (κ3) is 4.42. The van der Waals surface area contributed by atoms with Gasteiger partial charge in [0.1, 0.15) is 11.1 Å². The Morgan fingerprint density at radius 3 is 2.86 bits per heavy atom. The van der Waals surface area contributed by atoms with Crippen LogP contribution in [0.1, 0.15) is 20.8 Å². The highest BCUT2D eigenvalue weighted by Crippen LogP contribution is 2.10. The number of imidazole rings is 1. The van der Waals surface area contributed by atoms with Crippen molar-refractivity contribution in [3.05, 3.63) is 24.7 Å². The van der Waals surface area contributed by atoms with Gasteiger partial charge in [0.2, 0.25) is 0 Å². The van der Waals surface area contributed by atoms with Gasteiger partial charge in [-0.1, -0.05) is 0 Å². The molecule has 2 heterocycles. The summed E-state index contributed by atoms with van der Waals surface area (Å²) in [6, 6.07) is 3.50. The molecule has 0 saturated heterocycles. The molecule has 0 aliphatic heterocycles. The third-order valence-electron chi connectivity index (χ3n) is 2.88. The van der Waals surface area contributed by atoms with Gasteiger partial charge in [0.15, 0.2) is 5.65 Å². The van der Waals surface area contributed by atoms with Crippen molar-refractivity contribution in [3.63, 3.8) is 0 Å². The Morgan fingerprint density at radius 1 is 1.41 bits per heavy atom. The standard InChI is InChI=1S/C15H22N4O3/c1-15(2,3)22-14(20)18-11(9-21-4)8-19-10-17-12-6-5-7-16-13(12)19/h5-7,10-11H,8-9H2,1-4H3,(H,18,20). The summed E-state index contributed by atoms with van der Waals surface area (Å²) in [7, 11) is 1.59. The highest BCUT2D eigenvalue weighted by molar-refractivity contribution is 5.70. The van der Waals surface area contributed by atoms with Crippen LogP contribution in [0.5, 0.6) is 0 Å². The number of hydrogen-bond donors (Lipinski definition) is 1. The number of methoxy groups -OCH3 is 1. The van der Waals surface area contributed by atoms with E-state index in [1.54, 1.807) is 19.6 Å². The fourth-order valence-electron chi connectivity index (χ4n) is 2.08. The van der Waals surface area contributed by atoms with Crippen LogP contribution < -0.4 is 5.32 Å². The number of alkyl carbamates (subject to hydrolysis) is 1.